The van der Waals surface area contributed by atoms with Crippen molar-refractivity contribution in [3.63, 3.8) is 0 Å². The van der Waals surface area contributed by atoms with Crippen molar-refractivity contribution in [1.82, 2.24) is 15.3 Å². The number of aromatic nitrogens is 2. The largest absolute Gasteiger partial charge is 0.355 e. The molecule has 0 aliphatic rings. The van der Waals surface area contributed by atoms with Gasteiger partial charge in [-0.2, -0.15) is 5.10 Å². The molecule has 0 radical (unpaired) electrons. The summed E-state index contributed by atoms with van der Waals surface area (Å²) in [6.07, 6.45) is 5.54. The fourth-order valence-electron chi connectivity index (χ4n) is 3.98. The van der Waals surface area contributed by atoms with Crippen molar-refractivity contribution in [2.75, 3.05) is 6.66 Å². The average molecular weight is 508 g/mol. The maximum atomic E-state index is 13.8. The minimum absolute atomic E-state index is 0.349. The molecule has 0 fully saturated rings. The van der Waals surface area contributed by atoms with Crippen molar-refractivity contribution in [3.8, 4) is 0 Å². The second kappa shape index (κ2) is 11.0. The zero-order valence-corrected chi connectivity index (χ0v) is 20.9. The normalized spacial score (nSPS) is 13.2. The number of hydrogen-bond donors (Lipinski definition) is 3. The predicted octanol–water partition coefficient (Wildman–Crippen LogP) is 6.79. The summed E-state index contributed by atoms with van der Waals surface area (Å²) in [6.45, 7) is 3.59. The van der Waals surface area contributed by atoms with E-state index in [1.807, 2.05) is 43.3 Å². The molecule has 1 heterocycles. The third kappa shape index (κ3) is 5.85. The van der Waals surface area contributed by atoms with Crippen molar-refractivity contribution in [1.29, 1.82) is 0 Å². The van der Waals surface area contributed by atoms with Crippen LogP contribution in [0.3, 0.4) is 0 Å². The Hall–Kier alpha value is -3.31. The standard InChI is InChI=1S/C27H24ClFN3O2P/c1-3-22(23-11-10-21(29)15-24(23)28)27(19-9-12-25-20(14-19)16-30-31-25)18-7-4-17(5-8-18)6-13-26(33)32-35(2)34/h4-16,34H,3H2,1-2H3,(H,30,31)(H,32,33)/b13-6+,27-22+. The first-order valence-electron chi connectivity index (χ1n) is 11.0. The Kier molecular flexibility index (Phi) is 7.76. The third-order valence-corrected chi connectivity index (χ3v) is 6.40. The average Bonchev–Trinajstić information content (AvgIpc) is 3.30. The number of amides is 1. The van der Waals surface area contributed by atoms with Gasteiger partial charge in [0.25, 0.3) is 0 Å². The number of nitrogens with zero attached hydrogens (tertiary/aromatic N) is 1. The highest BCUT2D eigenvalue weighted by molar-refractivity contribution is 7.49. The minimum atomic E-state index is -1.50. The van der Waals surface area contributed by atoms with Gasteiger partial charge >= 0.3 is 0 Å². The lowest BCUT2D eigenvalue weighted by Gasteiger charge is -2.18. The summed E-state index contributed by atoms with van der Waals surface area (Å²) in [7, 11) is -1.50. The van der Waals surface area contributed by atoms with E-state index in [4.69, 9.17) is 11.6 Å². The van der Waals surface area contributed by atoms with E-state index < -0.39 is 8.30 Å². The molecule has 4 aromatic rings. The number of rotatable bonds is 7. The van der Waals surface area contributed by atoms with Gasteiger partial charge in [0.2, 0.25) is 5.91 Å². The summed E-state index contributed by atoms with van der Waals surface area (Å²) in [5, 5.41) is 10.9. The minimum Gasteiger partial charge on any atom is -0.355 e. The van der Waals surface area contributed by atoms with Gasteiger partial charge in [-0.25, -0.2) is 4.39 Å². The molecule has 0 aliphatic carbocycles. The van der Waals surface area contributed by atoms with Crippen LogP contribution in [-0.2, 0) is 4.79 Å². The van der Waals surface area contributed by atoms with E-state index >= 15 is 0 Å². The van der Waals surface area contributed by atoms with Crippen molar-refractivity contribution >= 4 is 53.9 Å². The SMILES string of the molecule is CC/C(=C(/c1ccc(/C=C/C(=O)NP(C)O)cc1)c1ccc2[nH]ncc2c1)c1ccc(F)cc1Cl. The van der Waals surface area contributed by atoms with E-state index in [-0.39, 0.29) is 11.7 Å². The Morgan fingerprint density at radius 1 is 1.14 bits per heavy atom. The maximum Gasteiger partial charge on any atom is 0.248 e. The molecule has 0 aliphatic heterocycles. The Balaban J connectivity index is 1.82. The van der Waals surface area contributed by atoms with Crippen molar-refractivity contribution in [3.05, 3.63) is 106 Å². The molecule has 0 saturated carbocycles. The van der Waals surface area contributed by atoms with Gasteiger partial charge in [0, 0.05) is 11.5 Å². The molecule has 1 aromatic heterocycles. The summed E-state index contributed by atoms with van der Waals surface area (Å²) in [5.41, 5.74) is 6.46. The summed E-state index contributed by atoms with van der Waals surface area (Å²) in [5.74, 6) is -0.731. The summed E-state index contributed by atoms with van der Waals surface area (Å²) >= 11 is 6.48. The van der Waals surface area contributed by atoms with E-state index in [0.717, 1.165) is 44.3 Å². The highest BCUT2D eigenvalue weighted by atomic mass is 35.5. The Morgan fingerprint density at radius 2 is 1.89 bits per heavy atom. The Labute approximate surface area is 209 Å². The smallest absolute Gasteiger partial charge is 0.248 e. The van der Waals surface area contributed by atoms with Crippen LogP contribution in [0.25, 0.3) is 28.1 Å². The van der Waals surface area contributed by atoms with Crippen LogP contribution in [0.4, 0.5) is 4.39 Å². The molecule has 0 spiro atoms. The van der Waals surface area contributed by atoms with Crippen LogP contribution in [0.15, 0.2) is 72.9 Å². The number of carbonyl (C=O) groups is 1. The van der Waals surface area contributed by atoms with Crippen LogP contribution in [0.2, 0.25) is 5.02 Å². The van der Waals surface area contributed by atoms with E-state index in [1.165, 1.54) is 18.2 Å². The highest BCUT2D eigenvalue weighted by Crippen LogP contribution is 2.38. The molecular formula is C27H24ClFN3O2P. The van der Waals surface area contributed by atoms with Crippen molar-refractivity contribution in [2.24, 2.45) is 0 Å². The number of benzene rings is 3. The molecular weight excluding hydrogens is 484 g/mol. The number of allylic oxidation sites excluding steroid dienone is 1. The highest BCUT2D eigenvalue weighted by Gasteiger charge is 2.16. The molecule has 4 rings (SSSR count). The number of hydrogen-bond acceptors (Lipinski definition) is 3. The van der Waals surface area contributed by atoms with Gasteiger partial charge in [-0.05, 0) is 76.8 Å². The summed E-state index contributed by atoms with van der Waals surface area (Å²) in [4.78, 5) is 21.2. The first-order chi connectivity index (χ1) is 16.9. The first kappa shape index (κ1) is 24.8. The molecule has 5 nitrogen and oxygen atoms in total. The van der Waals surface area contributed by atoms with E-state index in [2.05, 4.69) is 21.4 Å². The lowest BCUT2D eigenvalue weighted by molar-refractivity contribution is -0.114. The predicted molar refractivity (Wildman–Crippen MR) is 142 cm³/mol. The zero-order valence-electron chi connectivity index (χ0n) is 19.2. The second-order valence-corrected chi connectivity index (χ2v) is 9.64. The molecule has 0 saturated heterocycles. The van der Waals surface area contributed by atoms with E-state index in [0.29, 0.717) is 11.4 Å². The van der Waals surface area contributed by atoms with Crippen LogP contribution in [0.1, 0.15) is 35.6 Å². The lowest BCUT2D eigenvalue weighted by Crippen LogP contribution is -2.13. The molecule has 1 atom stereocenters. The molecule has 1 amide bonds. The number of aromatic amines is 1. The van der Waals surface area contributed by atoms with Crippen LogP contribution in [0, 0.1) is 5.82 Å². The van der Waals surface area contributed by atoms with Crippen molar-refractivity contribution < 1.29 is 14.1 Å². The van der Waals surface area contributed by atoms with Gasteiger partial charge in [0.05, 0.1) is 16.7 Å². The van der Waals surface area contributed by atoms with Crippen LogP contribution in [-0.4, -0.2) is 27.7 Å². The lowest BCUT2D eigenvalue weighted by atomic mass is 9.87. The van der Waals surface area contributed by atoms with Gasteiger partial charge in [-0.15, -0.1) is 0 Å². The monoisotopic (exact) mass is 507 g/mol. The Bertz CT molecular complexity index is 1430. The van der Waals surface area contributed by atoms with E-state index in [1.54, 1.807) is 25.0 Å². The zero-order chi connectivity index (χ0) is 24.9. The number of halogens is 2. The second-order valence-electron chi connectivity index (χ2n) is 7.96. The van der Waals surface area contributed by atoms with Gasteiger partial charge in [0.1, 0.15) is 14.1 Å². The van der Waals surface area contributed by atoms with E-state index in [9.17, 15) is 14.1 Å². The van der Waals surface area contributed by atoms with Crippen LogP contribution < -0.4 is 5.09 Å². The van der Waals surface area contributed by atoms with Crippen molar-refractivity contribution in [2.45, 2.75) is 13.3 Å². The topological polar surface area (TPSA) is 78.0 Å². The van der Waals surface area contributed by atoms with Crippen LogP contribution in [0.5, 0.6) is 0 Å². The first-order valence-corrected chi connectivity index (χ1v) is 13.1. The molecule has 35 heavy (non-hydrogen) atoms. The molecule has 3 N–H and O–H groups in total. The molecule has 178 valence electrons. The van der Waals surface area contributed by atoms with Crippen LogP contribution >= 0.6 is 19.9 Å². The van der Waals surface area contributed by atoms with Gasteiger partial charge < -0.3 is 9.98 Å². The maximum absolute atomic E-state index is 13.8. The summed E-state index contributed by atoms with van der Waals surface area (Å²) < 4.78 is 13.8. The molecule has 0 bridgehead atoms. The third-order valence-electron chi connectivity index (χ3n) is 5.54. The number of carbonyl (C=O) groups excluding carboxylic acids is 1. The summed E-state index contributed by atoms with van der Waals surface area (Å²) in [6, 6.07) is 18.3. The number of fused-ring (bicyclic) bond motifs is 1. The molecule has 8 heteroatoms. The number of nitrogens with one attached hydrogen (secondary N) is 2. The van der Waals surface area contributed by atoms with Gasteiger partial charge in [-0.1, -0.05) is 54.9 Å². The quantitative estimate of drug-likeness (QED) is 0.146. The fraction of sp³-hybridized carbons (Fsp3) is 0.111. The van der Waals surface area contributed by atoms with Gasteiger partial charge in [-0.3, -0.25) is 9.89 Å². The van der Waals surface area contributed by atoms with Gasteiger partial charge in [0.15, 0.2) is 0 Å². The Morgan fingerprint density at radius 3 is 2.57 bits per heavy atom. The number of H-pyrrole nitrogens is 1. The molecule has 3 aromatic carbocycles. The fourth-order valence-corrected chi connectivity index (χ4v) is 4.65. The molecule has 1 unspecified atom stereocenters.